The first-order chi connectivity index (χ1) is 15.7. The summed E-state index contributed by atoms with van der Waals surface area (Å²) >= 11 is 0. The van der Waals surface area contributed by atoms with Crippen LogP contribution >= 0.6 is 0 Å². The molecule has 0 radical (unpaired) electrons. The zero-order valence-electron chi connectivity index (χ0n) is 18.3. The van der Waals surface area contributed by atoms with Crippen LogP contribution in [-0.4, -0.2) is 108 Å². The van der Waals surface area contributed by atoms with Gasteiger partial charge in [0.25, 0.3) is 0 Å². The van der Waals surface area contributed by atoms with Crippen LogP contribution in [0.2, 0.25) is 0 Å². The minimum absolute atomic E-state index is 0.0556. The number of aliphatic hydroxyl groups is 4. The predicted molar refractivity (Wildman–Crippen MR) is 108 cm³/mol. The summed E-state index contributed by atoms with van der Waals surface area (Å²) in [5.74, 6) is -0.335. The van der Waals surface area contributed by atoms with Gasteiger partial charge < -0.3 is 44.7 Å². The number of hydrogen-bond donors (Lipinski definition) is 5. The molecule has 0 saturated carbocycles. The number of hydrogen-bond acceptors (Lipinski definition) is 12. The highest BCUT2D eigenvalue weighted by Gasteiger charge is 2.48. The molecule has 15 heteroatoms. The van der Waals surface area contributed by atoms with Crippen LogP contribution in [0.1, 0.15) is 20.3 Å². The van der Waals surface area contributed by atoms with Gasteiger partial charge in [0.15, 0.2) is 12.4 Å². The molecular weight excluding hydrogens is 444 g/mol. The molecule has 0 aromatic carbocycles. The van der Waals surface area contributed by atoms with Gasteiger partial charge in [0, 0.05) is 10.8 Å². The molecule has 3 aliphatic heterocycles. The third-order valence-electron chi connectivity index (χ3n) is 6.04. The van der Waals surface area contributed by atoms with Crippen molar-refractivity contribution in [3.8, 4) is 0 Å². The summed E-state index contributed by atoms with van der Waals surface area (Å²) < 4.78 is 22.2. The SMILES string of the molecule is CCC1O[C@@H](O[C@@H]2C(CO)OCC(OC(=O)NCC3(CN=[N+]=[N-])N=N3)C2O)C(O)C(O)[C@H]1C. The lowest BCUT2D eigenvalue weighted by Gasteiger charge is -2.45. The van der Waals surface area contributed by atoms with Gasteiger partial charge in [-0.15, -0.1) is 0 Å². The second-order valence-corrected chi connectivity index (χ2v) is 8.31. The van der Waals surface area contributed by atoms with Crippen molar-refractivity contribution in [1.29, 1.82) is 0 Å². The number of amides is 1. The number of azide groups is 1. The topological polar surface area (TPSA) is 220 Å². The lowest BCUT2D eigenvalue weighted by molar-refractivity contribution is -0.326. The van der Waals surface area contributed by atoms with Gasteiger partial charge in [-0.25, -0.2) is 4.79 Å². The number of rotatable bonds is 9. The Hall–Kier alpha value is -2.10. The van der Waals surface area contributed by atoms with Crippen molar-refractivity contribution >= 4 is 6.09 Å². The minimum Gasteiger partial charge on any atom is -0.441 e. The molecule has 0 spiro atoms. The van der Waals surface area contributed by atoms with E-state index in [0.717, 1.165) is 0 Å². The summed E-state index contributed by atoms with van der Waals surface area (Å²) in [7, 11) is 0. The second kappa shape index (κ2) is 10.9. The first-order valence-electron chi connectivity index (χ1n) is 10.7. The Labute approximate surface area is 189 Å². The van der Waals surface area contributed by atoms with Gasteiger partial charge in [0.2, 0.25) is 5.66 Å². The Morgan fingerprint density at radius 2 is 2.00 bits per heavy atom. The van der Waals surface area contributed by atoms with Crippen LogP contribution in [0.25, 0.3) is 10.4 Å². The first kappa shape index (κ1) is 25.5. The molecule has 33 heavy (non-hydrogen) atoms. The van der Waals surface area contributed by atoms with Gasteiger partial charge in [-0.1, -0.05) is 19.0 Å². The standard InChI is InChI=1S/C18H30N6O9/c1-3-9-8(2)12(26)14(28)16(31-9)33-15-10(4-25)30-5-11(13(15)27)32-17(29)20-6-18(22-23-18)7-21-24-19/h8-16,25-28H,3-7H2,1-2H3,(H,20,29)/t8-,9?,10?,11?,12?,13?,14?,15+,16-/m0/s1. The summed E-state index contributed by atoms with van der Waals surface area (Å²) in [6.07, 6.45) is -9.31. The fourth-order valence-corrected chi connectivity index (χ4v) is 3.87. The highest BCUT2D eigenvalue weighted by atomic mass is 16.7. The molecule has 0 aromatic heterocycles. The number of alkyl carbamates (subject to hydrolysis) is 1. The smallest absolute Gasteiger partial charge is 0.407 e. The zero-order valence-corrected chi connectivity index (χ0v) is 18.3. The minimum atomic E-state index is -1.43. The van der Waals surface area contributed by atoms with E-state index in [1.165, 1.54) is 0 Å². The summed E-state index contributed by atoms with van der Waals surface area (Å²) in [4.78, 5) is 14.8. The quantitative estimate of drug-likeness (QED) is 0.160. The van der Waals surface area contributed by atoms with Crippen molar-refractivity contribution in [2.75, 3.05) is 26.3 Å². The fraction of sp³-hybridized carbons (Fsp3) is 0.944. The van der Waals surface area contributed by atoms with Gasteiger partial charge in [-0.2, -0.15) is 10.2 Å². The molecule has 9 atom stereocenters. The van der Waals surface area contributed by atoms with Crippen LogP contribution in [0.5, 0.6) is 0 Å². The number of ether oxygens (including phenoxy) is 4. The summed E-state index contributed by atoms with van der Waals surface area (Å²) in [5, 5.41) is 54.4. The van der Waals surface area contributed by atoms with Gasteiger partial charge in [-0.05, 0) is 12.0 Å². The normalized spacial score (nSPS) is 39.4. The number of nitrogens with zero attached hydrogens (tertiary/aromatic N) is 5. The van der Waals surface area contributed by atoms with E-state index in [1.807, 2.05) is 6.92 Å². The van der Waals surface area contributed by atoms with Crippen molar-refractivity contribution in [1.82, 2.24) is 5.32 Å². The van der Waals surface area contributed by atoms with Gasteiger partial charge in [-0.3, -0.25) is 0 Å². The van der Waals surface area contributed by atoms with E-state index >= 15 is 0 Å². The van der Waals surface area contributed by atoms with E-state index in [-0.39, 0.29) is 25.6 Å². The zero-order chi connectivity index (χ0) is 24.2. The van der Waals surface area contributed by atoms with Gasteiger partial charge in [0.1, 0.15) is 24.4 Å². The van der Waals surface area contributed by atoms with Crippen LogP contribution < -0.4 is 5.32 Å². The maximum absolute atomic E-state index is 12.2. The predicted octanol–water partition coefficient (Wildman–Crippen LogP) is -0.816. The Balaban J connectivity index is 1.59. The monoisotopic (exact) mass is 474 g/mol. The molecule has 15 nitrogen and oxygen atoms in total. The lowest BCUT2D eigenvalue weighted by Crippen LogP contribution is -2.61. The molecule has 3 rings (SSSR count). The molecule has 2 fully saturated rings. The number of carbonyl (C=O) groups is 1. The highest BCUT2D eigenvalue weighted by molar-refractivity contribution is 5.67. The first-order valence-corrected chi connectivity index (χ1v) is 10.7. The average molecular weight is 474 g/mol. The molecule has 0 aromatic rings. The molecule has 1 amide bonds. The second-order valence-electron chi connectivity index (χ2n) is 8.31. The van der Waals surface area contributed by atoms with Crippen molar-refractivity contribution in [2.24, 2.45) is 21.3 Å². The maximum atomic E-state index is 12.2. The molecule has 0 aliphatic carbocycles. The van der Waals surface area contributed by atoms with E-state index in [0.29, 0.717) is 6.42 Å². The van der Waals surface area contributed by atoms with E-state index in [1.54, 1.807) is 6.92 Å². The molecule has 186 valence electrons. The van der Waals surface area contributed by atoms with E-state index in [4.69, 9.17) is 24.5 Å². The molecular formula is C18H30N6O9. The highest BCUT2D eigenvalue weighted by Crippen LogP contribution is 2.31. The van der Waals surface area contributed by atoms with E-state index in [9.17, 15) is 25.2 Å². The molecule has 5 N–H and O–H groups in total. The van der Waals surface area contributed by atoms with E-state index < -0.39 is 67.4 Å². The van der Waals surface area contributed by atoms with Crippen molar-refractivity contribution < 1.29 is 44.2 Å². The van der Waals surface area contributed by atoms with Crippen molar-refractivity contribution in [3.63, 3.8) is 0 Å². The van der Waals surface area contributed by atoms with Crippen LogP contribution in [0.15, 0.2) is 15.3 Å². The van der Waals surface area contributed by atoms with Crippen LogP contribution in [0.3, 0.4) is 0 Å². The molecule has 3 heterocycles. The average Bonchev–Trinajstić information content (AvgIpc) is 3.59. The molecule has 3 aliphatic rings. The molecule has 6 unspecified atom stereocenters. The van der Waals surface area contributed by atoms with Crippen molar-refractivity contribution in [3.05, 3.63) is 10.4 Å². The fourth-order valence-electron chi connectivity index (χ4n) is 3.87. The summed E-state index contributed by atoms with van der Waals surface area (Å²) in [6, 6.07) is 0. The van der Waals surface area contributed by atoms with E-state index in [2.05, 4.69) is 25.6 Å². The van der Waals surface area contributed by atoms with Crippen LogP contribution in [-0.2, 0) is 18.9 Å². The van der Waals surface area contributed by atoms with Gasteiger partial charge in [0.05, 0.1) is 38.5 Å². The summed E-state index contributed by atoms with van der Waals surface area (Å²) in [5.41, 5.74) is 7.38. The Bertz CT molecular complexity index is 758. The summed E-state index contributed by atoms with van der Waals surface area (Å²) in [6.45, 7) is 2.76. The van der Waals surface area contributed by atoms with Gasteiger partial charge >= 0.3 is 6.09 Å². The number of nitrogens with one attached hydrogen (secondary N) is 1. The largest absolute Gasteiger partial charge is 0.441 e. The van der Waals surface area contributed by atoms with Crippen LogP contribution in [0, 0.1) is 5.92 Å². The molecule has 0 bridgehead atoms. The third-order valence-corrected chi connectivity index (χ3v) is 6.04. The third kappa shape index (κ3) is 5.88. The Morgan fingerprint density at radius 3 is 2.61 bits per heavy atom. The Morgan fingerprint density at radius 1 is 1.27 bits per heavy atom. The number of aliphatic hydroxyl groups excluding tert-OH is 4. The number of carbonyl (C=O) groups excluding carboxylic acids is 1. The Kier molecular flexibility index (Phi) is 8.42. The molecule has 2 saturated heterocycles. The van der Waals surface area contributed by atoms with Crippen LogP contribution in [0.4, 0.5) is 4.79 Å². The maximum Gasteiger partial charge on any atom is 0.407 e. The lowest BCUT2D eigenvalue weighted by atomic mass is 9.89. The van der Waals surface area contributed by atoms with Crippen molar-refractivity contribution in [2.45, 2.75) is 74.9 Å².